The molecule has 5 heterocycles. The van der Waals surface area contributed by atoms with E-state index in [2.05, 4.69) is 34.7 Å². The van der Waals surface area contributed by atoms with Crippen LogP contribution >= 0.6 is 0 Å². The van der Waals surface area contributed by atoms with Gasteiger partial charge in [0.15, 0.2) is 0 Å². The molecule has 11 nitrogen and oxygen atoms in total. The molecule has 0 aromatic heterocycles. The van der Waals surface area contributed by atoms with Crippen molar-refractivity contribution in [2.24, 2.45) is 0 Å². The maximum atomic E-state index is 13.3. The molecular formula is C36H37N7O4. The molecule has 0 saturated heterocycles. The van der Waals surface area contributed by atoms with E-state index in [0.29, 0.717) is 50.8 Å². The van der Waals surface area contributed by atoms with Gasteiger partial charge in [-0.25, -0.2) is 0 Å². The maximum Gasteiger partial charge on any atom is 0.236 e. The molecule has 4 bridgehead atoms. The van der Waals surface area contributed by atoms with Gasteiger partial charge in [0, 0.05) is 92.7 Å². The number of phenolic OH excluding ortho intramolecular Hbond substituents is 3. The largest absolute Gasteiger partial charge is 0.508 e. The molecule has 4 N–H and O–H groups in total. The van der Waals surface area contributed by atoms with Gasteiger partial charge in [-0.15, -0.1) is 0 Å². The van der Waals surface area contributed by atoms with Gasteiger partial charge in [-0.2, -0.15) is 0 Å². The zero-order valence-corrected chi connectivity index (χ0v) is 26.9. The van der Waals surface area contributed by atoms with Crippen LogP contribution in [0.15, 0.2) is 48.5 Å². The summed E-state index contributed by atoms with van der Waals surface area (Å²) in [4.78, 5) is 26.4. The van der Waals surface area contributed by atoms with E-state index in [0.717, 1.165) is 61.9 Å². The predicted octanol–water partition coefficient (Wildman–Crippen LogP) is 4.61. The summed E-state index contributed by atoms with van der Waals surface area (Å²) < 4.78 is 0. The lowest BCUT2D eigenvalue weighted by Gasteiger charge is -2.51. The highest BCUT2D eigenvalue weighted by atomic mass is 16.3. The highest BCUT2D eigenvalue weighted by molar-refractivity contribution is 6.06. The number of carbonyl (C=O) groups excluding carboxylic acids is 1. The maximum absolute atomic E-state index is 13.3. The van der Waals surface area contributed by atoms with Gasteiger partial charge < -0.3 is 50.0 Å². The van der Waals surface area contributed by atoms with Crippen molar-refractivity contribution in [2.75, 3.05) is 76.2 Å². The Morgan fingerprint density at radius 2 is 1.30 bits per heavy atom. The number of carbonyl (C=O) groups is 1. The number of phenols is 3. The molecule has 5 aliphatic heterocycles. The van der Waals surface area contributed by atoms with E-state index in [-0.39, 0.29) is 23.2 Å². The summed E-state index contributed by atoms with van der Waals surface area (Å²) in [5, 5.41) is 37.5. The standard InChI is InChI=1S/C36H37N7O4/c1-38(2)26-9-10-28(44)32-22(26)14-41-17-40(32)13-19-11-29(45)24-16-43-18-42(33(24)31(19)41)15-23-27(39(3)4)12-21(35(46)34(23)43)30-20-7-5-6-8-25(20)37-36(30)47/h5-12,30,44-46H,13-18H2,1-4H3,(H,37,47). The van der Waals surface area contributed by atoms with E-state index in [1.165, 1.54) is 0 Å². The Bertz CT molecular complexity index is 2040. The van der Waals surface area contributed by atoms with Crippen LogP contribution in [0.3, 0.4) is 0 Å². The summed E-state index contributed by atoms with van der Waals surface area (Å²) in [6.45, 7) is 3.30. The average Bonchev–Trinajstić information content (AvgIpc) is 3.36. The number of anilines is 7. The number of hydrogen-bond acceptors (Lipinski definition) is 10. The van der Waals surface area contributed by atoms with Crippen LogP contribution in [0.4, 0.5) is 39.8 Å². The molecule has 0 saturated carbocycles. The van der Waals surface area contributed by atoms with Crippen molar-refractivity contribution in [3.05, 3.63) is 81.9 Å². The van der Waals surface area contributed by atoms with Crippen LogP contribution < -0.4 is 34.7 Å². The van der Waals surface area contributed by atoms with Gasteiger partial charge in [-0.05, 0) is 35.9 Å². The fourth-order valence-corrected chi connectivity index (χ4v) is 8.57. The zero-order valence-electron chi connectivity index (χ0n) is 26.9. The SMILES string of the molecule is CN(C)c1ccc(O)c2c1CN1CN2Cc2cc(O)c3c(c21)N1Cc2c(N(C)C)cc(C4C(=O)Nc5ccccc54)c(O)c2N(C3)C1. The molecule has 1 atom stereocenters. The van der Waals surface area contributed by atoms with Crippen molar-refractivity contribution >= 4 is 45.7 Å². The first-order valence-electron chi connectivity index (χ1n) is 16.0. The van der Waals surface area contributed by atoms with Crippen LogP contribution in [-0.4, -0.2) is 62.8 Å². The number of aromatic hydroxyl groups is 3. The third-order valence-electron chi connectivity index (χ3n) is 10.5. The van der Waals surface area contributed by atoms with Crippen LogP contribution in [0.1, 0.15) is 39.3 Å². The first kappa shape index (κ1) is 27.8. The van der Waals surface area contributed by atoms with Crippen molar-refractivity contribution in [3.8, 4) is 17.2 Å². The van der Waals surface area contributed by atoms with E-state index in [9.17, 15) is 20.1 Å². The molecule has 9 rings (SSSR count). The second-order valence-electron chi connectivity index (χ2n) is 13.7. The minimum atomic E-state index is -0.623. The number of rotatable bonds is 3. The first-order valence-corrected chi connectivity index (χ1v) is 16.0. The third-order valence-corrected chi connectivity index (χ3v) is 10.5. The molecular weight excluding hydrogens is 594 g/mol. The summed E-state index contributed by atoms with van der Waals surface area (Å²) in [5.74, 6) is -0.171. The summed E-state index contributed by atoms with van der Waals surface area (Å²) >= 11 is 0. The first-order chi connectivity index (χ1) is 22.6. The van der Waals surface area contributed by atoms with Gasteiger partial charge in [0.2, 0.25) is 5.91 Å². The number of para-hydroxylation sites is 1. The Kier molecular flexibility index (Phi) is 5.65. The van der Waals surface area contributed by atoms with Gasteiger partial charge >= 0.3 is 0 Å². The normalized spacial score (nSPS) is 18.2. The Morgan fingerprint density at radius 1 is 0.660 bits per heavy atom. The number of nitrogens with zero attached hydrogens (tertiary/aromatic N) is 6. The molecule has 11 heteroatoms. The molecule has 0 spiro atoms. The smallest absolute Gasteiger partial charge is 0.236 e. The van der Waals surface area contributed by atoms with E-state index < -0.39 is 5.92 Å². The van der Waals surface area contributed by atoms with Crippen molar-refractivity contribution in [2.45, 2.75) is 32.1 Å². The fraction of sp³-hybridized carbons (Fsp3) is 0.306. The van der Waals surface area contributed by atoms with E-state index in [1.807, 2.05) is 70.7 Å². The topological polar surface area (TPSA) is 109 Å². The Labute approximate surface area is 273 Å². The van der Waals surface area contributed by atoms with Gasteiger partial charge in [-0.3, -0.25) is 4.79 Å². The summed E-state index contributed by atoms with van der Waals surface area (Å²) in [7, 11) is 8.04. The number of fused-ring (bicyclic) bond motifs is 14. The molecule has 47 heavy (non-hydrogen) atoms. The molecule has 1 amide bonds. The molecule has 4 aromatic carbocycles. The number of nitrogens with one attached hydrogen (secondary N) is 1. The molecule has 0 fully saturated rings. The quantitative estimate of drug-likeness (QED) is 0.256. The lowest BCUT2D eigenvalue weighted by molar-refractivity contribution is -0.116. The van der Waals surface area contributed by atoms with Crippen molar-refractivity contribution in [1.29, 1.82) is 0 Å². The number of benzene rings is 4. The van der Waals surface area contributed by atoms with Crippen LogP contribution in [0.25, 0.3) is 0 Å². The van der Waals surface area contributed by atoms with Crippen molar-refractivity contribution in [1.82, 2.24) is 0 Å². The van der Waals surface area contributed by atoms with Crippen LogP contribution in [0.5, 0.6) is 17.2 Å². The van der Waals surface area contributed by atoms with Crippen LogP contribution in [0.2, 0.25) is 0 Å². The fourth-order valence-electron chi connectivity index (χ4n) is 8.57. The second-order valence-corrected chi connectivity index (χ2v) is 13.7. The summed E-state index contributed by atoms with van der Waals surface area (Å²) in [6.07, 6.45) is 0. The second kappa shape index (κ2) is 9.54. The summed E-state index contributed by atoms with van der Waals surface area (Å²) in [6, 6.07) is 15.2. The zero-order chi connectivity index (χ0) is 32.5. The molecule has 0 radical (unpaired) electrons. The Morgan fingerprint density at radius 3 is 2.04 bits per heavy atom. The van der Waals surface area contributed by atoms with E-state index in [4.69, 9.17) is 0 Å². The monoisotopic (exact) mass is 631 g/mol. The summed E-state index contributed by atoms with van der Waals surface area (Å²) in [5.41, 5.74) is 11.8. The molecule has 5 aliphatic rings. The molecule has 0 aliphatic carbocycles. The van der Waals surface area contributed by atoms with Gasteiger partial charge in [0.25, 0.3) is 0 Å². The van der Waals surface area contributed by atoms with Gasteiger partial charge in [0.1, 0.15) is 17.2 Å². The molecule has 4 aromatic rings. The van der Waals surface area contributed by atoms with E-state index in [1.54, 1.807) is 6.07 Å². The van der Waals surface area contributed by atoms with Gasteiger partial charge in [0.05, 0.1) is 48.5 Å². The Hall–Kier alpha value is -5.45. The van der Waals surface area contributed by atoms with Crippen LogP contribution in [-0.2, 0) is 31.0 Å². The highest BCUT2D eigenvalue weighted by Crippen LogP contribution is 2.56. The lowest BCUT2D eigenvalue weighted by Crippen LogP contribution is -2.50. The Balaban J connectivity index is 1.17. The number of amides is 1. The average molecular weight is 632 g/mol. The van der Waals surface area contributed by atoms with Crippen LogP contribution in [0, 0.1) is 0 Å². The molecule has 1 unspecified atom stereocenters. The van der Waals surface area contributed by atoms with Gasteiger partial charge in [-0.1, -0.05) is 18.2 Å². The molecule has 240 valence electrons. The third kappa shape index (κ3) is 3.76. The lowest BCUT2D eigenvalue weighted by atomic mass is 9.87. The van der Waals surface area contributed by atoms with Crippen molar-refractivity contribution < 1.29 is 20.1 Å². The van der Waals surface area contributed by atoms with Crippen molar-refractivity contribution in [3.63, 3.8) is 0 Å². The minimum Gasteiger partial charge on any atom is -0.508 e. The highest BCUT2D eigenvalue weighted by Gasteiger charge is 2.43. The van der Waals surface area contributed by atoms with E-state index >= 15 is 0 Å². The predicted molar refractivity (Wildman–Crippen MR) is 184 cm³/mol. The number of hydrogen-bond donors (Lipinski definition) is 4. The minimum absolute atomic E-state index is 0.113.